The first-order valence-electron chi connectivity index (χ1n) is 12.8. The molecule has 2 aromatic carbocycles. The minimum atomic E-state index is -1.35. The minimum Gasteiger partial charge on any atom is -0.494 e. The first-order valence-corrected chi connectivity index (χ1v) is 12.8. The second-order valence-corrected chi connectivity index (χ2v) is 10.0. The lowest BCUT2D eigenvalue weighted by molar-refractivity contribution is -0.155. The summed E-state index contributed by atoms with van der Waals surface area (Å²) in [6, 6.07) is 16.7. The smallest absolute Gasteiger partial charge is 0.306 e. The number of benzene rings is 2. The van der Waals surface area contributed by atoms with E-state index in [2.05, 4.69) is 5.32 Å². The number of nitrogens with one attached hydrogen (secondary N) is 1. The maximum absolute atomic E-state index is 13.7. The molecule has 2 aromatic rings. The number of carbonyl (C=O) groups excluding carboxylic acids is 2. The monoisotopic (exact) mass is 510 g/mol. The van der Waals surface area contributed by atoms with E-state index < -0.39 is 23.2 Å². The Hall–Kier alpha value is -3.39. The lowest BCUT2D eigenvalue weighted by atomic mass is 9.83. The fourth-order valence-electron chi connectivity index (χ4n) is 4.07. The molecule has 0 saturated carbocycles. The molecule has 8 heteroatoms. The number of rotatable bonds is 12. The highest BCUT2D eigenvalue weighted by molar-refractivity contribution is 6.01. The third-order valence-electron chi connectivity index (χ3n) is 5.80. The average molecular weight is 511 g/mol. The number of aliphatic hydroxyl groups is 1. The number of aliphatic imine (C=N–C) groups is 1. The van der Waals surface area contributed by atoms with Crippen LogP contribution in [0.2, 0.25) is 0 Å². The van der Waals surface area contributed by atoms with Crippen LogP contribution in [0.25, 0.3) is 0 Å². The number of aliphatic hydroxyl groups excluding tert-OH is 1. The Labute approximate surface area is 219 Å². The zero-order chi connectivity index (χ0) is 26.9. The molecule has 0 saturated heterocycles. The van der Waals surface area contributed by atoms with Gasteiger partial charge in [-0.15, -0.1) is 0 Å². The van der Waals surface area contributed by atoms with Crippen LogP contribution in [0.5, 0.6) is 5.75 Å². The zero-order valence-electron chi connectivity index (χ0n) is 22.2. The summed E-state index contributed by atoms with van der Waals surface area (Å²) in [5, 5.41) is 11.9. The maximum Gasteiger partial charge on any atom is 0.306 e. The molecule has 1 aliphatic heterocycles. The molecule has 1 heterocycles. The number of esters is 1. The van der Waals surface area contributed by atoms with Crippen molar-refractivity contribution in [1.82, 2.24) is 5.32 Å². The molecular weight excluding hydrogens is 472 g/mol. The third-order valence-corrected chi connectivity index (χ3v) is 5.80. The normalized spacial score (nSPS) is 19.1. The molecule has 0 radical (unpaired) electrons. The van der Waals surface area contributed by atoms with Crippen LogP contribution < -0.4 is 10.1 Å². The van der Waals surface area contributed by atoms with Crippen LogP contribution in [0.3, 0.4) is 0 Å². The van der Waals surface area contributed by atoms with Crippen LogP contribution in [-0.4, -0.2) is 53.8 Å². The molecule has 8 nitrogen and oxygen atoms in total. The van der Waals surface area contributed by atoms with Gasteiger partial charge >= 0.3 is 5.97 Å². The topological polar surface area (TPSA) is 106 Å². The number of carbonyl (C=O) groups is 2. The first-order chi connectivity index (χ1) is 17.7. The largest absolute Gasteiger partial charge is 0.494 e. The molecule has 0 aliphatic carbocycles. The highest BCUT2D eigenvalue weighted by Crippen LogP contribution is 2.43. The second kappa shape index (κ2) is 12.7. The van der Waals surface area contributed by atoms with Crippen LogP contribution in [0, 0.1) is 0 Å². The van der Waals surface area contributed by atoms with Crippen molar-refractivity contribution in [2.45, 2.75) is 70.6 Å². The average Bonchev–Trinajstić information content (AvgIpc) is 3.27. The molecule has 0 bridgehead atoms. The predicted molar refractivity (Wildman–Crippen MR) is 142 cm³/mol. The summed E-state index contributed by atoms with van der Waals surface area (Å²) >= 11 is 0. The summed E-state index contributed by atoms with van der Waals surface area (Å²) in [6.07, 6.45) is 0.729. The fourth-order valence-corrected chi connectivity index (χ4v) is 4.07. The van der Waals surface area contributed by atoms with Gasteiger partial charge in [0, 0.05) is 31.6 Å². The zero-order valence-corrected chi connectivity index (χ0v) is 22.2. The van der Waals surface area contributed by atoms with Gasteiger partial charge in [-0.1, -0.05) is 37.3 Å². The van der Waals surface area contributed by atoms with Crippen molar-refractivity contribution in [1.29, 1.82) is 0 Å². The van der Waals surface area contributed by atoms with Crippen LogP contribution in [-0.2, 0) is 19.1 Å². The highest BCUT2D eigenvalue weighted by Gasteiger charge is 2.53. The van der Waals surface area contributed by atoms with E-state index in [-0.39, 0.29) is 25.4 Å². The lowest BCUT2D eigenvalue weighted by Gasteiger charge is -2.31. The van der Waals surface area contributed by atoms with E-state index in [0.717, 1.165) is 12.0 Å². The molecule has 37 heavy (non-hydrogen) atoms. The summed E-state index contributed by atoms with van der Waals surface area (Å²) in [7, 11) is 0. The van der Waals surface area contributed by atoms with Crippen LogP contribution in [0.15, 0.2) is 59.6 Å². The van der Waals surface area contributed by atoms with Gasteiger partial charge in [0.05, 0.1) is 6.61 Å². The van der Waals surface area contributed by atoms with Gasteiger partial charge in [0.25, 0.3) is 5.91 Å². The minimum absolute atomic E-state index is 0.0118. The van der Waals surface area contributed by atoms with Gasteiger partial charge in [-0.2, -0.15) is 0 Å². The number of ether oxygens (including phenoxy) is 3. The summed E-state index contributed by atoms with van der Waals surface area (Å²) in [5.74, 6) is 0.305. The molecule has 3 rings (SSSR count). The number of amides is 1. The fraction of sp³-hybridized carbons (Fsp3) is 0.483. The van der Waals surface area contributed by atoms with Crippen molar-refractivity contribution in [2.75, 3.05) is 19.8 Å². The molecule has 0 spiro atoms. The van der Waals surface area contributed by atoms with Gasteiger partial charge in [0.15, 0.2) is 11.6 Å². The van der Waals surface area contributed by atoms with Gasteiger partial charge < -0.3 is 24.6 Å². The molecule has 0 aromatic heterocycles. The van der Waals surface area contributed by atoms with E-state index in [4.69, 9.17) is 24.3 Å². The molecular formula is C29H38N2O6. The van der Waals surface area contributed by atoms with E-state index in [9.17, 15) is 9.59 Å². The standard InChI is InChI=1S/C29H38N2O6/c1-5-18-30-27(34)29(17-16-24(33)37-28(2,3)4)25(21-10-7-6-8-11-21)36-26(31-29)22-12-14-23(15-13-22)35-20-9-19-32/h6-8,10-15,25,32H,5,9,16-20H2,1-4H3,(H,30,34)/t25-,29-/m1/s1. The number of hydrogen-bond acceptors (Lipinski definition) is 7. The van der Waals surface area contributed by atoms with Crippen LogP contribution >= 0.6 is 0 Å². The molecule has 0 unspecified atom stereocenters. The van der Waals surface area contributed by atoms with E-state index in [1.807, 2.05) is 70.2 Å². The van der Waals surface area contributed by atoms with Crippen molar-refractivity contribution in [3.8, 4) is 5.75 Å². The Morgan fingerprint density at radius 3 is 2.43 bits per heavy atom. The molecule has 1 aliphatic rings. The molecule has 0 fully saturated rings. The summed E-state index contributed by atoms with van der Waals surface area (Å²) in [4.78, 5) is 31.2. The van der Waals surface area contributed by atoms with Gasteiger partial charge in [0.2, 0.25) is 5.90 Å². The molecule has 1 amide bonds. The third kappa shape index (κ3) is 7.55. The maximum atomic E-state index is 13.7. The Kier molecular flexibility index (Phi) is 9.69. The van der Waals surface area contributed by atoms with Crippen molar-refractivity contribution < 1.29 is 28.9 Å². The summed E-state index contributed by atoms with van der Waals surface area (Å²) in [5.41, 5.74) is -0.493. The van der Waals surface area contributed by atoms with Gasteiger partial charge in [-0.3, -0.25) is 9.59 Å². The van der Waals surface area contributed by atoms with Crippen molar-refractivity contribution in [2.24, 2.45) is 4.99 Å². The van der Waals surface area contributed by atoms with Gasteiger partial charge in [0.1, 0.15) is 11.4 Å². The summed E-state index contributed by atoms with van der Waals surface area (Å²) < 4.78 is 17.5. The molecule has 2 N–H and O–H groups in total. The SMILES string of the molecule is CCCNC(=O)[C@]1(CCC(=O)OC(C)(C)C)N=C(c2ccc(OCCCO)cc2)O[C@@H]1c1ccccc1. The quantitative estimate of drug-likeness (QED) is 0.325. The van der Waals surface area contributed by atoms with Gasteiger partial charge in [-0.25, -0.2) is 4.99 Å². The number of hydrogen-bond donors (Lipinski definition) is 2. The number of nitrogens with zero attached hydrogens (tertiary/aromatic N) is 1. The first kappa shape index (κ1) is 28.2. The molecule has 200 valence electrons. The van der Waals surface area contributed by atoms with E-state index in [1.54, 1.807) is 12.1 Å². The van der Waals surface area contributed by atoms with Crippen molar-refractivity contribution >= 4 is 17.8 Å². The Bertz CT molecular complexity index is 1060. The van der Waals surface area contributed by atoms with E-state index in [0.29, 0.717) is 36.8 Å². The Morgan fingerprint density at radius 1 is 1.11 bits per heavy atom. The van der Waals surface area contributed by atoms with Crippen molar-refractivity contribution in [3.05, 3.63) is 65.7 Å². The van der Waals surface area contributed by atoms with E-state index in [1.165, 1.54) is 0 Å². The highest BCUT2D eigenvalue weighted by atomic mass is 16.6. The van der Waals surface area contributed by atoms with Crippen LogP contribution in [0.4, 0.5) is 0 Å². The molecule has 2 atom stereocenters. The van der Waals surface area contributed by atoms with Crippen LogP contribution in [0.1, 0.15) is 70.6 Å². The van der Waals surface area contributed by atoms with Crippen molar-refractivity contribution in [3.63, 3.8) is 0 Å². The Morgan fingerprint density at radius 2 is 1.81 bits per heavy atom. The second-order valence-electron chi connectivity index (χ2n) is 10.0. The lowest BCUT2D eigenvalue weighted by Crippen LogP contribution is -2.49. The summed E-state index contributed by atoms with van der Waals surface area (Å²) in [6.45, 7) is 8.38. The Balaban J connectivity index is 1.97. The predicted octanol–water partition coefficient (Wildman–Crippen LogP) is 4.35. The van der Waals surface area contributed by atoms with Gasteiger partial charge in [-0.05, 0) is 63.4 Å². The van der Waals surface area contributed by atoms with E-state index >= 15 is 0 Å².